The third kappa shape index (κ3) is 3.60. The van der Waals surface area contributed by atoms with Crippen LogP contribution in [0.5, 0.6) is 0 Å². The molecule has 3 aliphatic heterocycles. The molecule has 0 aromatic heterocycles. The molecule has 1 aromatic rings. The van der Waals surface area contributed by atoms with Gasteiger partial charge in [-0.25, -0.2) is 12.7 Å². The van der Waals surface area contributed by atoms with E-state index < -0.39 is 10.0 Å². The molecule has 146 valence electrons. The monoisotopic (exact) mass is 391 g/mol. The van der Waals surface area contributed by atoms with Gasteiger partial charge in [0.05, 0.1) is 24.4 Å². The van der Waals surface area contributed by atoms with Gasteiger partial charge in [-0.3, -0.25) is 4.79 Å². The second kappa shape index (κ2) is 6.91. The number of aryl methyl sites for hydroxylation is 1. The van der Waals surface area contributed by atoms with Gasteiger partial charge in [0, 0.05) is 25.6 Å². The predicted molar refractivity (Wildman–Crippen MR) is 102 cm³/mol. The highest BCUT2D eigenvalue weighted by Gasteiger charge is 2.45. The molecule has 0 aliphatic carbocycles. The van der Waals surface area contributed by atoms with Gasteiger partial charge in [0.15, 0.2) is 6.10 Å². The summed E-state index contributed by atoms with van der Waals surface area (Å²) in [5.74, 6) is 0.110. The summed E-state index contributed by atoms with van der Waals surface area (Å²) in [5, 5.41) is 4.27. The van der Waals surface area contributed by atoms with Crippen LogP contribution in [0.15, 0.2) is 29.4 Å². The quantitative estimate of drug-likeness (QED) is 0.776. The Kier molecular flexibility index (Phi) is 4.71. The standard InChI is InChI=1S/C19H25N3O4S/c1-13-3-5-14(6-4-13)18-16-11-21(12-17(16)26-20-18)19(23)15-7-9-22(10-8-15)27(2,24)25/h3-6,15-17H,7-12H2,1-2H3. The highest BCUT2D eigenvalue weighted by molar-refractivity contribution is 7.88. The predicted octanol–water partition coefficient (Wildman–Crippen LogP) is 1.23. The number of benzene rings is 1. The lowest BCUT2D eigenvalue weighted by atomic mass is 9.94. The molecule has 2 saturated heterocycles. The largest absolute Gasteiger partial charge is 0.390 e. The van der Waals surface area contributed by atoms with Crippen molar-refractivity contribution in [2.24, 2.45) is 17.0 Å². The smallest absolute Gasteiger partial charge is 0.225 e. The Labute approximate surface area is 160 Å². The first-order chi connectivity index (χ1) is 12.8. The van der Waals surface area contributed by atoms with Gasteiger partial charge in [0.2, 0.25) is 15.9 Å². The Morgan fingerprint density at radius 2 is 1.81 bits per heavy atom. The molecule has 1 aromatic carbocycles. The van der Waals surface area contributed by atoms with Crippen molar-refractivity contribution in [1.82, 2.24) is 9.21 Å². The Bertz CT molecular complexity index is 857. The molecule has 27 heavy (non-hydrogen) atoms. The molecule has 7 nitrogen and oxygen atoms in total. The molecule has 1 amide bonds. The van der Waals surface area contributed by atoms with Crippen molar-refractivity contribution in [3.8, 4) is 0 Å². The van der Waals surface area contributed by atoms with E-state index in [1.54, 1.807) is 0 Å². The lowest BCUT2D eigenvalue weighted by Crippen LogP contribution is -2.44. The van der Waals surface area contributed by atoms with Gasteiger partial charge in [-0.2, -0.15) is 0 Å². The fourth-order valence-electron chi connectivity index (χ4n) is 4.20. The summed E-state index contributed by atoms with van der Waals surface area (Å²) in [6.45, 7) is 4.05. The first kappa shape index (κ1) is 18.4. The fraction of sp³-hybridized carbons (Fsp3) is 0.579. The molecular weight excluding hydrogens is 366 g/mol. The number of oxime groups is 1. The zero-order valence-electron chi connectivity index (χ0n) is 15.7. The first-order valence-corrected chi connectivity index (χ1v) is 11.2. The Morgan fingerprint density at radius 3 is 2.44 bits per heavy atom. The third-order valence-corrected chi connectivity index (χ3v) is 7.14. The number of rotatable bonds is 3. The molecule has 2 fully saturated rings. The van der Waals surface area contributed by atoms with Crippen LogP contribution >= 0.6 is 0 Å². The summed E-state index contributed by atoms with van der Waals surface area (Å²) >= 11 is 0. The number of fused-ring (bicyclic) bond motifs is 1. The lowest BCUT2D eigenvalue weighted by Gasteiger charge is -2.31. The van der Waals surface area contributed by atoms with Gasteiger partial charge in [-0.1, -0.05) is 35.0 Å². The van der Waals surface area contributed by atoms with Crippen molar-refractivity contribution < 1.29 is 18.0 Å². The average Bonchev–Trinajstić information content (AvgIpc) is 3.22. The number of hydrogen-bond acceptors (Lipinski definition) is 5. The van der Waals surface area contributed by atoms with E-state index in [4.69, 9.17) is 4.84 Å². The maximum absolute atomic E-state index is 12.9. The van der Waals surface area contributed by atoms with Gasteiger partial charge >= 0.3 is 0 Å². The molecule has 2 atom stereocenters. The van der Waals surface area contributed by atoms with E-state index in [2.05, 4.69) is 17.3 Å². The van der Waals surface area contributed by atoms with E-state index in [0.29, 0.717) is 39.0 Å². The van der Waals surface area contributed by atoms with Crippen LogP contribution in [0.3, 0.4) is 0 Å². The van der Waals surface area contributed by atoms with Crippen molar-refractivity contribution in [3.63, 3.8) is 0 Å². The normalized spacial score (nSPS) is 26.6. The van der Waals surface area contributed by atoms with Gasteiger partial charge in [0.1, 0.15) is 0 Å². The van der Waals surface area contributed by atoms with Crippen LogP contribution in [0.25, 0.3) is 0 Å². The van der Waals surface area contributed by atoms with Crippen LogP contribution in [-0.2, 0) is 19.7 Å². The number of carbonyl (C=O) groups is 1. The molecule has 3 aliphatic rings. The molecule has 3 heterocycles. The number of carbonyl (C=O) groups excluding carboxylic acids is 1. The summed E-state index contributed by atoms with van der Waals surface area (Å²) < 4.78 is 24.7. The maximum atomic E-state index is 12.9. The molecule has 0 spiro atoms. The molecule has 0 saturated carbocycles. The topological polar surface area (TPSA) is 79.3 Å². The summed E-state index contributed by atoms with van der Waals surface area (Å²) in [5.41, 5.74) is 3.16. The van der Waals surface area contributed by atoms with Gasteiger partial charge in [-0.15, -0.1) is 0 Å². The Morgan fingerprint density at radius 1 is 1.15 bits per heavy atom. The van der Waals surface area contributed by atoms with Crippen LogP contribution in [0.2, 0.25) is 0 Å². The van der Waals surface area contributed by atoms with Crippen molar-refractivity contribution in [2.45, 2.75) is 25.9 Å². The molecule has 0 N–H and O–H groups in total. The van der Waals surface area contributed by atoms with E-state index in [1.807, 2.05) is 24.0 Å². The number of piperidine rings is 1. The number of hydrogen-bond donors (Lipinski definition) is 0. The first-order valence-electron chi connectivity index (χ1n) is 9.37. The minimum atomic E-state index is -3.17. The van der Waals surface area contributed by atoms with Crippen LogP contribution in [0.4, 0.5) is 0 Å². The van der Waals surface area contributed by atoms with Crippen LogP contribution < -0.4 is 0 Å². The van der Waals surface area contributed by atoms with Crippen molar-refractivity contribution in [1.29, 1.82) is 0 Å². The third-order valence-electron chi connectivity index (χ3n) is 5.84. The Balaban J connectivity index is 1.39. The maximum Gasteiger partial charge on any atom is 0.225 e. The van der Waals surface area contributed by atoms with Crippen molar-refractivity contribution in [3.05, 3.63) is 35.4 Å². The van der Waals surface area contributed by atoms with Crippen LogP contribution in [0.1, 0.15) is 24.0 Å². The average molecular weight is 391 g/mol. The van der Waals surface area contributed by atoms with E-state index in [-0.39, 0.29) is 23.8 Å². The Hall–Kier alpha value is -1.93. The second-order valence-electron chi connectivity index (χ2n) is 7.77. The van der Waals surface area contributed by atoms with E-state index >= 15 is 0 Å². The van der Waals surface area contributed by atoms with E-state index in [1.165, 1.54) is 16.1 Å². The molecule has 0 radical (unpaired) electrons. The molecule has 8 heteroatoms. The molecular formula is C19H25N3O4S. The molecule has 0 bridgehead atoms. The summed E-state index contributed by atoms with van der Waals surface area (Å²) in [6.07, 6.45) is 2.30. The molecule has 2 unspecified atom stereocenters. The molecule has 4 rings (SSSR count). The van der Waals surface area contributed by atoms with Gasteiger partial charge in [0.25, 0.3) is 0 Å². The van der Waals surface area contributed by atoms with E-state index in [9.17, 15) is 13.2 Å². The zero-order valence-corrected chi connectivity index (χ0v) is 16.5. The van der Waals surface area contributed by atoms with E-state index in [0.717, 1.165) is 11.3 Å². The number of amides is 1. The van der Waals surface area contributed by atoms with Crippen LogP contribution in [0, 0.1) is 18.8 Å². The summed E-state index contributed by atoms with van der Waals surface area (Å²) in [7, 11) is -3.17. The zero-order chi connectivity index (χ0) is 19.2. The fourth-order valence-corrected chi connectivity index (χ4v) is 5.07. The minimum absolute atomic E-state index is 0.0821. The summed E-state index contributed by atoms with van der Waals surface area (Å²) in [4.78, 5) is 20.4. The van der Waals surface area contributed by atoms with Gasteiger partial charge in [-0.05, 0) is 25.3 Å². The van der Waals surface area contributed by atoms with Crippen molar-refractivity contribution in [2.75, 3.05) is 32.4 Å². The summed E-state index contributed by atoms with van der Waals surface area (Å²) in [6, 6.07) is 8.20. The number of nitrogens with zero attached hydrogens (tertiary/aromatic N) is 3. The minimum Gasteiger partial charge on any atom is -0.390 e. The SMILES string of the molecule is Cc1ccc(C2=NOC3CN(C(=O)C4CCN(S(C)(=O)=O)CC4)CC23)cc1. The van der Waals surface area contributed by atoms with Crippen molar-refractivity contribution >= 4 is 21.6 Å². The lowest BCUT2D eigenvalue weighted by molar-refractivity contribution is -0.136. The van der Waals surface area contributed by atoms with Gasteiger partial charge < -0.3 is 9.74 Å². The van der Waals surface area contributed by atoms with Crippen LogP contribution in [-0.4, -0.2) is 67.8 Å². The number of sulfonamides is 1. The second-order valence-corrected chi connectivity index (χ2v) is 9.75. The highest BCUT2D eigenvalue weighted by atomic mass is 32.2. The highest BCUT2D eigenvalue weighted by Crippen LogP contribution is 2.32. The number of likely N-dealkylation sites (tertiary alicyclic amines) is 1.